The molecule has 0 aliphatic carbocycles. The van der Waals surface area contributed by atoms with E-state index in [2.05, 4.69) is 4.90 Å². The molecule has 1 fully saturated rings. The molecule has 1 rings (SSSR count). The number of methoxy groups -OCH3 is 1. The third-order valence-electron chi connectivity index (χ3n) is 2.81. The van der Waals surface area contributed by atoms with Crippen LogP contribution in [0.15, 0.2) is 0 Å². The molecule has 1 aliphatic rings. The fourth-order valence-electron chi connectivity index (χ4n) is 1.93. The zero-order valence-corrected chi connectivity index (χ0v) is 8.93. The summed E-state index contributed by atoms with van der Waals surface area (Å²) < 4.78 is 5.11. The molecular weight excluding hydrogens is 162 g/mol. The van der Waals surface area contributed by atoms with Crippen molar-refractivity contribution in [3.63, 3.8) is 0 Å². The minimum absolute atomic E-state index is 0.889. The Labute approximate surface area is 82.3 Å². The Balaban J connectivity index is 2.16. The Morgan fingerprint density at radius 2 is 1.46 bits per heavy atom. The summed E-state index contributed by atoms with van der Waals surface area (Å²) in [5, 5.41) is 0. The molecule has 13 heavy (non-hydrogen) atoms. The monoisotopic (exact) mass is 185 g/mol. The van der Waals surface area contributed by atoms with Gasteiger partial charge in [0, 0.05) is 13.7 Å². The van der Waals surface area contributed by atoms with Crippen LogP contribution >= 0.6 is 0 Å². The van der Waals surface area contributed by atoms with Crippen molar-refractivity contribution in [2.75, 3.05) is 33.4 Å². The average molecular weight is 185 g/mol. The molecule has 0 aromatic heterocycles. The van der Waals surface area contributed by atoms with Gasteiger partial charge in [-0.15, -0.1) is 0 Å². The SMILES string of the molecule is COCCN1CCCCCCCC1. The minimum Gasteiger partial charge on any atom is -0.383 e. The maximum absolute atomic E-state index is 5.11. The highest BCUT2D eigenvalue weighted by Crippen LogP contribution is 2.10. The number of hydrogen-bond acceptors (Lipinski definition) is 2. The number of rotatable bonds is 3. The number of nitrogens with zero attached hydrogens (tertiary/aromatic N) is 1. The van der Waals surface area contributed by atoms with E-state index in [1.165, 1.54) is 51.6 Å². The van der Waals surface area contributed by atoms with Gasteiger partial charge in [-0.3, -0.25) is 0 Å². The quantitative estimate of drug-likeness (QED) is 0.669. The van der Waals surface area contributed by atoms with E-state index in [9.17, 15) is 0 Å². The molecule has 0 amide bonds. The molecule has 0 unspecified atom stereocenters. The van der Waals surface area contributed by atoms with Crippen LogP contribution < -0.4 is 0 Å². The van der Waals surface area contributed by atoms with Crippen molar-refractivity contribution in [1.82, 2.24) is 4.90 Å². The smallest absolute Gasteiger partial charge is 0.0589 e. The molecule has 2 heteroatoms. The van der Waals surface area contributed by atoms with E-state index in [1.807, 2.05) is 0 Å². The maximum Gasteiger partial charge on any atom is 0.0589 e. The molecule has 0 spiro atoms. The fraction of sp³-hybridized carbons (Fsp3) is 1.00. The molecule has 2 nitrogen and oxygen atoms in total. The normalized spacial score (nSPS) is 21.9. The summed E-state index contributed by atoms with van der Waals surface area (Å²) in [5.41, 5.74) is 0. The van der Waals surface area contributed by atoms with Crippen molar-refractivity contribution in [2.24, 2.45) is 0 Å². The van der Waals surface area contributed by atoms with Crippen LogP contribution in [0.5, 0.6) is 0 Å². The number of hydrogen-bond donors (Lipinski definition) is 0. The van der Waals surface area contributed by atoms with Gasteiger partial charge in [0.2, 0.25) is 0 Å². The van der Waals surface area contributed by atoms with Gasteiger partial charge in [-0.05, 0) is 25.9 Å². The van der Waals surface area contributed by atoms with E-state index in [4.69, 9.17) is 4.74 Å². The van der Waals surface area contributed by atoms with Crippen LogP contribution in [0.25, 0.3) is 0 Å². The zero-order chi connectivity index (χ0) is 9.36. The van der Waals surface area contributed by atoms with Crippen LogP contribution in [-0.2, 0) is 4.74 Å². The van der Waals surface area contributed by atoms with Crippen LogP contribution in [0, 0.1) is 0 Å². The Kier molecular flexibility index (Phi) is 6.21. The van der Waals surface area contributed by atoms with Crippen LogP contribution in [0.4, 0.5) is 0 Å². The average Bonchev–Trinajstić information content (AvgIpc) is 2.28. The van der Waals surface area contributed by atoms with Gasteiger partial charge >= 0.3 is 0 Å². The predicted molar refractivity (Wildman–Crippen MR) is 56.0 cm³/mol. The lowest BCUT2D eigenvalue weighted by atomic mass is 10.1. The van der Waals surface area contributed by atoms with Crippen LogP contribution in [0.2, 0.25) is 0 Å². The van der Waals surface area contributed by atoms with Crippen molar-refractivity contribution < 1.29 is 4.74 Å². The summed E-state index contributed by atoms with van der Waals surface area (Å²) >= 11 is 0. The Morgan fingerprint density at radius 3 is 2.00 bits per heavy atom. The van der Waals surface area contributed by atoms with Gasteiger partial charge in [0.15, 0.2) is 0 Å². The highest BCUT2D eigenvalue weighted by molar-refractivity contribution is 4.61. The molecular formula is C11H23NO. The molecule has 0 atom stereocenters. The first-order valence-electron chi connectivity index (χ1n) is 5.65. The van der Waals surface area contributed by atoms with E-state index in [0.717, 1.165) is 13.2 Å². The van der Waals surface area contributed by atoms with Crippen LogP contribution in [0.3, 0.4) is 0 Å². The molecule has 1 saturated heterocycles. The maximum atomic E-state index is 5.11. The first-order chi connectivity index (χ1) is 6.43. The molecule has 0 saturated carbocycles. The summed E-state index contributed by atoms with van der Waals surface area (Å²) in [4.78, 5) is 2.55. The van der Waals surface area contributed by atoms with Crippen molar-refractivity contribution in [3.05, 3.63) is 0 Å². The highest BCUT2D eigenvalue weighted by Gasteiger charge is 2.06. The lowest BCUT2D eigenvalue weighted by Crippen LogP contribution is -2.29. The Hall–Kier alpha value is -0.0800. The first kappa shape index (κ1) is 11.0. The van der Waals surface area contributed by atoms with Gasteiger partial charge in [0.05, 0.1) is 6.61 Å². The largest absolute Gasteiger partial charge is 0.383 e. The molecule has 1 heterocycles. The molecule has 0 aromatic carbocycles. The zero-order valence-electron chi connectivity index (χ0n) is 8.93. The summed E-state index contributed by atoms with van der Waals surface area (Å²) in [6.45, 7) is 4.57. The van der Waals surface area contributed by atoms with E-state index >= 15 is 0 Å². The highest BCUT2D eigenvalue weighted by atomic mass is 16.5. The molecule has 0 aromatic rings. The van der Waals surface area contributed by atoms with Crippen LogP contribution in [0.1, 0.15) is 38.5 Å². The standard InChI is InChI=1S/C11H23NO/c1-13-11-10-12-8-6-4-2-3-5-7-9-12/h2-11H2,1H3. The molecule has 0 bridgehead atoms. The topological polar surface area (TPSA) is 12.5 Å². The number of ether oxygens (including phenoxy) is 1. The van der Waals surface area contributed by atoms with E-state index in [-0.39, 0.29) is 0 Å². The molecule has 1 aliphatic heterocycles. The van der Waals surface area contributed by atoms with Crippen molar-refractivity contribution >= 4 is 0 Å². The lowest BCUT2D eigenvalue weighted by Gasteiger charge is -2.20. The molecule has 0 N–H and O–H groups in total. The Bertz CT molecular complexity index is 107. The van der Waals surface area contributed by atoms with Gasteiger partial charge in [0.25, 0.3) is 0 Å². The van der Waals surface area contributed by atoms with Crippen molar-refractivity contribution in [3.8, 4) is 0 Å². The van der Waals surface area contributed by atoms with E-state index < -0.39 is 0 Å². The minimum atomic E-state index is 0.889. The molecule has 0 radical (unpaired) electrons. The van der Waals surface area contributed by atoms with Gasteiger partial charge < -0.3 is 9.64 Å². The summed E-state index contributed by atoms with van der Waals surface area (Å²) in [5.74, 6) is 0. The van der Waals surface area contributed by atoms with E-state index in [1.54, 1.807) is 7.11 Å². The molecule has 78 valence electrons. The van der Waals surface area contributed by atoms with Gasteiger partial charge in [-0.2, -0.15) is 0 Å². The fourth-order valence-corrected chi connectivity index (χ4v) is 1.93. The second-order valence-electron chi connectivity index (χ2n) is 3.96. The summed E-state index contributed by atoms with van der Waals surface area (Å²) in [6, 6.07) is 0. The van der Waals surface area contributed by atoms with Gasteiger partial charge in [-0.25, -0.2) is 0 Å². The second kappa shape index (κ2) is 7.34. The van der Waals surface area contributed by atoms with Gasteiger partial charge in [0.1, 0.15) is 0 Å². The van der Waals surface area contributed by atoms with Gasteiger partial charge in [-0.1, -0.05) is 25.7 Å². The lowest BCUT2D eigenvalue weighted by molar-refractivity contribution is 0.146. The summed E-state index contributed by atoms with van der Waals surface area (Å²) in [7, 11) is 1.79. The van der Waals surface area contributed by atoms with Crippen LogP contribution in [-0.4, -0.2) is 38.3 Å². The summed E-state index contributed by atoms with van der Waals surface area (Å²) in [6.07, 6.45) is 8.48. The van der Waals surface area contributed by atoms with E-state index in [0.29, 0.717) is 0 Å². The predicted octanol–water partition coefficient (Wildman–Crippen LogP) is 2.29. The second-order valence-corrected chi connectivity index (χ2v) is 3.96. The third kappa shape index (κ3) is 5.27. The third-order valence-corrected chi connectivity index (χ3v) is 2.81. The van der Waals surface area contributed by atoms with Crippen molar-refractivity contribution in [2.45, 2.75) is 38.5 Å². The Morgan fingerprint density at radius 1 is 0.923 bits per heavy atom. The van der Waals surface area contributed by atoms with Crippen molar-refractivity contribution in [1.29, 1.82) is 0 Å². The first-order valence-corrected chi connectivity index (χ1v) is 5.65.